The molecule has 0 amide bonds. The minimum Gasteiger partial charge on any atom is -0.490 e. The molecule has 0 atom stereocenters. The Morgan fingerprint density at radius 3 is 2.50 bits per heavy atom. The summed E-state index contributed by atoms with van der Waals surface area (Å²) < 4.78 is 24.6. The fourth-order valence-corrected chi connectivity index (χ4v) is 2.90. The number of pyridine rings is 1. The summed E-state index contributed by atoms with van der Waals surface area (Å²) in [7, 11) is 0. The Bertz CT molecular complexity index is 889. The van der Waals surface area contributed by atoms with Gasteiger partial charge in [-0.3, -0.25) is 4.98 Å². The average molecular weight is 401 g/mol. The van der Waals surface area contributed by atoms with Crippen molar-refractivity contribution in [3.63, 3.8) is 0 Å². The molecule has 0 saturated carbocycles. The van der Waals surface area contributed by atoms with Gasteiger partial charge in [0, 0.05) is 36.6 Å². The van der Waals surface area contributed by atoms with Crippen molar-refractivity contribution < 1.29 is 13.9 Å². The van der Waals surface area contributed by atoms with E-state index >= 15 is 0 Å². The highest BCUT2D eigenvalue weighted by Crippen LogP contribution is 2.34. The quantitative estimate of drug-likeness (QED) is 0.540. The van der Waals surface area contributed by atoms with E-state index in [9.17, 15) is 4.39 Å². The van der Waals surface area contributed by atoms with Crippen molar-refractivity contribution in [2.75, 3.05) is 6.61 Å². The molecule has 1 heterocycles. The normalized spacial score (nSPS) is 10.7. The molecule has 1 aromatic heterocycles. The average Bonchev–Trinajstić information content (AvgIpc) is 2.71. The third-order valence-electron chi connectivity index (χ3n) is 4.09. The van der Waals surface area contributed by atoms with E-state index in [1.165, 1.54) is 12.1 Å². The summed E-state index contributed by atoms with van der Waals surface area (Å²) in [5.41, 5.74) is 2.88. The number of aromatic nitrogens is 1. The molecule has 146 valence electrons. The summed E-state index contributed by atoms with van der Waals surface area (Å²) in [6.07, 6.45) is 3.58. The fraction of sp³-hybridized carbons (Fsp3) is 0.227. The SMILES string of the molecule is CCOc1cc(CNCc2cccnc2)c(Cl)cc1OCc1ccc(F)cc1. The lowest BCUT2D eigenvalue weighted by molar-refractivity contribution is 0.269. The van der Waals surface area contributed by atoms with Crippen LogP contribution in [0.1, 0.15) is 23.6 Å². The van der Waals surface area contributed by atoms with Crippen molar-refractivity contribution in [3.05, 3.63) is 88.5 Å². The Labute approximate surface area is 169 Å². The standard InChI is InChI=1S/C22H22ClFN2O2/c1-2-27-21-10-18(14-26-13-17-4-3-9-25-12-17)20(23)11-22(21)28-15-16-5-7-19(24)8-6-16/h3-12,26H,2,13-15H2,1H3. The first-order chi connectivity index (χ1) is 13.7. The molecule has 0 saturated heterocycles. The molecule has 3 rings (SSSR count). The van der Waals surface area contributed by atoms with Gasteiger partial charge in [0.05, 0.1) is 6.61 Å². The lowest BCUT2D eigenvalue weighted by Crippen LogP contribution is -2.13. The second kappa shape index (κ2) is 10.1. The third kappa shape index (κ3) is 5.68. The molecule has 6 heteroatoms. The summed E-state index contributed by atoms with van der Waals surface area (Å²) in [6, 6.07) is 13.8. The number of nitrogens with zero attached hydrogens (tertiary/aromatic N) is 1. The number of ether oxygens (including phenoxy) is 2. The molecule has 0 unspecified atom stereocenters. The number of rotatable bonds is 9. The minimum absolute atomic E-state index is 0.273. The molecule has 0 radical (unpaired) electrons. The van der Waals surface area contributed by atoms with Gasteiger partial charge in [-0.1, -0.05) is 29.8 Å². The van der Waals surface area contributed by atoms with E-state index in [-0.39, 0.29) is 5.82 Å². The van der Waals surface area contributed by atoms with E-state index in [4.69, 9.17) is 21.1 Å². The van der Waals surface area contributed by atoms with Gasteiger partial charge in [-0.05, 0) is 47.9 Å². The molecule has 0 bridgehead atoms. The zero-order valence-corrected chi connectivity index (χ0v) is 16.4. The fourth-order valence-electron chi connectivity index (χ4n) is 2.68. The summed E-state index contributed by atoms with van der Waals surface area (Å²) in [5.74, 6) is 0.921. The zero-order chi connectivity index (χ0) is 19.8. The summed E-state index contributed by atoms with van der Waals surface area (Å²) in [4.78, 5) is 4.10. The van der Waals surface area contributed by atoms with Crippen LogP contribution < -0.4 is 14.8 Å². The van der Waals surface area contributed by atoms with E-state index in [0.717, 1.165) is 16.7 Å². The first kappa shape index (κ1) is 20.1. The number of hydrogen-bond donors (Lipinski definition) is 1. The van der Waals surface area contributed by atoms with Gasteiger partial charge in [-0.15, -0.1) is 0 Å². The summed E-state index contributed by atoms with van der Waals surface area (Å²) in [5, 5.41) is 3.95. The molecule has 4 nitrogen and oxygen atoms in total. The molecular formula is C22H22ClFN2O2. The van der Waals surface area contributed by atoms with Crippen LogP contribution in [0, 0.1) is 5.82 Å². The third-order valence-corrected chi connectivity index (χ3v) is 4.44. The summed E-state index contributed by atoms with van der Waals surface area (Å²) >= 11 is 6.45. The van der Waals surface area contributed by atoms with E-state index in [2.05, 4.69) is 10.3 Å². The largest absolute Gasteiger partial charge is 0.490 e. The number of nitrogens with one attached hydrogen (secondary N) is 1. The molecule has 3 aromatic rings. The van der Waals surface area contributed by atoms with Crippen LogP contribution in [0.15, 0.2) is 60.9 Å². The molecule has 0 fully saturated rings. The molecule has 0 aliphatic carbocycles. The second-order valence-corrected chi connectivity index (χ2v) is 6.61. The van der Waals surface area contributed by atoms with Crippen LogP contribution in [0.25, 0.3) is 0 Å². The second-order valence-electron chi connectivity index (χ2n) is 6.20. The van der Waals surface area contributed by atoms with Crippen LogP contribution in [-0.4, -0.2) is 11.6 Å². The topological polar surface area (TPSA) is 43.4 Å². The Balaban J connectivity index is 1.67. The van der Waals surface area contributed by atoms with E-state index in [1.54, 1.807) is 24.4 Å². The highest BCUT2D eigenvalue weighted by molar-refractivity contribution is 6.31. The Hall–Kier alpha value is -2.63. The lowest BCUT2D eigenvalue weighted by atomic mass is 10.2. The molecule has 0 aliphatic rings. The maximum atomic E-state index is 13.0. The molecule has 28 heavy (non-hydrogen) atoms. The van der Waals surface area contributed by atoms with Crippen molar-refractivity contribution in [2.24, 2.45) is 0 Å². The predicted octanol–water partition coefficient (Wildman–Crippen LogP) is 5.14. The van der Waals surface area contributed by atoms with Gasteiger partial charge in [-0.25, -0.2) is 4.39 Å². The lowest BCUT2D eigenvalue weighted by Gasteiger charge is -2.15. The van der Waals surface area contributed by atoms with Gasteiger partial charge < -0.3 is 14.8 Å². The van der Waals surface area contributed by atoms with Crippen molar-refractivity contribution in [2.45, 2.75) is 26.6 Å². The zero-order valence-electron chi connectivity index (χ0n) is 15.6. The van der Waals surface area contributed by atoms with Gasteiger partial charge in [-0.2, -0.15) is 0 Å². The van der Waals surface area contributed by atoms with Gasteiger partial charge >= 0.3 is 0 Å². The van der Waals surface area contributed by atoms with E-state index < -0.39 is 0 Å². The van der Waals surface area contributed by atoms with E-state index in [0.29, 0.717) is 42.8 Å². The van der Waals surface area contributed by atoms with Gasteiger partial charge in [0.2, 0.25) is 0 Å². The van der Waals surface area contributed by atoms with Crippen molar-refractivity contribution in [1.29, 1.82) is 0 Å². The highest BCUT2D eigenvalue weighted by atomic mass is 35.5. The Morgan fingerprint density at radius 1 is 1.00 bits per heavy atom. The molecule has 0 aliphatic heterocycles. The molecule has 2 aromatic carbocycles. The Morgan fingerprint density at radius 2 is 1.79 bits per heavy atom. The number of halogens is 2. The number of hydrogen-bond acceptors (Lipinski definition) is 4. The minimum atomic E-state index is -0.273. The van der Waals surface area contributed by atoms with Crippen molar-refractivity contribution in [3.8, 4) is 11.5 Å². The van der Waals surface area contributed by atoms with Crippen LogP contribution in [0.5, 0.6) is 11.5 Å². The molecule has 1 N–H and O–H groups in total. The van der Waals surface area contributed by atoms with Crippen molar-refractivity contribution >= 4 is 11.6 Å². The van der Waals surface area contributed by atoms with Crippen LogP contribution >= 0.6 is 11.6 Å². The maximum Gasteiger partial charge on any atom is 0.163 e. The van der Waals surface area contributed by atoms with Gasteiger partial charge in [0.15, 0.2) is 11.5 Å². The first-order valence-electron chi connectivity index (χ1n) is 9.07. The molecular weight excluding hydrogens is 379 g/mol. The maximum absolute atomic E-state index is 13.0. The monoisotopic (exact) mass is 400 g/mol. The smallest absolute Gasteiger partial charge is 0.163 e. The highest BCUT2D eigenvalue weighted by Gasteiger charge is 2.12. The van der Waals surface area contributed by atoms with Gasteiger partial charge in [0.1, 0.15) is 12.4 Å². The summed E-state index contributed by atoms with van der Waals surface area (Å²) in [6.45, 7) is 4.01. The van der Waals surface area contributed by atoms with Crippen LogP contribution in [0.3, 0.4) is 0 Å². The van der Waals surface area contributed by atoms with E-state index in [1.807, 2.05) is 31.3 Å². The van der Waals surface area contributed by atoms with Gasteiger partial charge in [0.25, 0.3) is 0 Å². The number of benzene rings is 2. The molecule has 0 spiro atoms. The Kier molecular flexibility index (Phi) is 7.23. The van der Waals surface area contributed by atoms with Crippen LogP contribution in [-0.2, 0) is 19.7 Å². The first-order valence-corrected chi connectivity index (χ1v) is 9.45. The van der Waals surface area contributed by atoms with Crippen LogP contribution in [0.2, 0.25) is 5.02 Å². The van der Waals surface area contributed by atoms with Crippen LogP contribution in [0.4, 0.5) is 4.39 Å². The predicted molar refractivity (Wildman–Crippen MR) is 108 cm³/mol. The van der Waals surface area contributed by atoms with Crippen molar-refractivity contribution in [1.82, 2.24) is 10.3 Å².